The van der Waals surface area contributed by atoms with E-state index in [1.54, 1.807) is 19.9 Å². The molecule has 2 N–H and O–H groups in total. The Morgan fingerprint density at radius 1 is 1.28 bits per heavy atom. The summed E-state index contributed by atoms with van der Waals surface area (Å²) in [6, 6.07) is 11.7. The lowest BCUT2D eigenvalue weighted by Gasteiger charge is -2.28. The molecule has 1 fully saturated rings. The Morgan fingerprint density at radius 3 is 2.59 bits per heavy atom. The van der Waals surface area contributed by atoms with Crippen molar-refractivity contribution >= 4 is 34.5 Å². The van der Waals surface area contributed by atoms with Gasteiger partial charge in [0.1, 0.15) is 5.54 Å². The molecule has 0 radical (unpaired) electrons. The van der Waals surface area contributed by atoms with E-state index in [9.17, 15) is 14.9 Å². The van der Waals surface area contributed by atoms with Crippen LogP contribution in [0, 0.1) is 17.2 Å². The Morgan fingerprint density at radius 2 is 1.97 bits per heavy atom. The van der Waals surface area contributed by atoms with Gasteiger partial charge in [0.25, 0.3) is 5.91 Å². The number of pyridine rings is 1. The molecule has 1 aliphatic rings. The number of hydrogen-bond donors (Lipinski definition) is 2. The van der Waals surface area contributed by atoms with Crippen LogP contribution in [0.2, 0.25) is 0 Å². The first-order chi connectivity index (χ1) is 13.7. The molecule has 1 saturated carbocycles. The number of nitriles is 1. The summed E-state index contributed by atoms with van der Waals surface area (Å²) in [7, 11) is 0. The van der Waals surface area contributed by atoms with Gasteiger partial charge >= 0.3 is 0 Å². The number of aromatic nitrogens is 1. The highest BCUT2D eigenvalue weighted by molar-refractivity contribution is 8.00. The van der Waals surface area contributed by atoms with Gasteiger partial charge in [-0.3, -0.25) is 9.59 Å². The van der Waals surface area contributed by atoms with E-state index in [0.717, 1.165) is 23.7 Å². The molecule has 0 bridgehead atoms. The Labute approximate surface area is 175 Å². The van der Waals surface area contributed by atoms with Gasteiger partial charge in [0.2, 0.25) is 5.91 Å². The first kappa shape index (κ1) is 21.1. The van der Waals surface area contributed by atoms with E-state index >= 15 is 0 Å². The number of benzene rings is 1. The number of nitrogens with zero attached hydrogens (tertiary/aromatic N) is 2. The third-order valence-electron chi connectivity index (χ3n) is 5.29. The monoisotopic (exact) mass is 410 g/mol. The fourth-order valence-corrected chi connectivity index (χ4v) is 3.65. The molecule has 152 valence electrons. The van der Waals surface area contributed by atoms with Gasteiger partial charge in [-0.2, -0.15) is 5.26 Å². The van der Waals surface area contributed by atoms with Gasteiger partial charge in [-0.1, -0.05) is 43.8 Å². The minimum atomic E-state index is -0.933. The molecule has 6 nitrogen and oxygen atoms in total. The van der Waals surface area contributed by atoms with Crippen molar-refractivity contribution in [2.45, 2.75) is 62.4 Å². The third kappa shape index (κ3) is 4.88. The molecular formula is C22H26N4O2S. The summed E-state index contributed by atoms with van der Waals surface area (Å²) in [6.07, 6.45) is 2.03. The lowest BCUT2D eigenvalue weighted by Crippen LogP contribution is -2.51. The summed E-state index contributed by atoms with van der Waals surface area (Å²) in [5, 5.41) is 16.2. The molecule has 29 heavy (non-hydrogen) atoms. The van der Waals surface area contributed by atoms with Crippen LogP contribution < -0.4 is 10.6 Å². The quantitative estimate of drug-likeness (QED) is 0.679. The average Bonchev–Trinajstić information content (AvgIpc) is 3.50. The second-order valence-corrected chi connectivity index (χ2v) is 9.35. The van der Waals surface area contributed by atoms with Crippen molar-refractivity contribution in [3.8, 4) is 6.07 Å². The Kier molecular flexibility index (Phi) is 6.13. The minimum Gasteiger partial charge on any atom is -0.349 e. The molecule has 2 aromatic rings. The summed E-state index contributed by atoms with van der Waals surface area (Å²) in [6.45, 7) is 7.30. The molecule has 1 aliphatic carbocycles. The summed E-state index contributed by atoms with van der Waals surface area (Å²) in [5.41, 5.74) is 0.356. The average molecular weight is 411 g/mol. The molecule has 0 aliphatic heterocycles. The largest absolute Gasteiger partial charge is 0.349 e. The maximum absolute atomic E-state index is 12.7. The van der Waals surface area contributed by atoms with E-state index in [1.807, 2.05) is 38.1 Å². The van der Waals surface area contributed by atoms with Crippen molar-refractivity contribution in [1.29, 1.82) is 5.26 Å². The van der Waals surface area contributed by atoms with Crippen LogP contribution in [-0.4, -0.2) is 33.6 Å². The first-order valence-electron chi connectivity index (χ1n) is 9.84. The molecule has 1 heterocycles. The molecule has 1 aromatic carbocycles. The molecular weight excluding hydrogens is 384 g/mol. The number of carbonyl (C=O) groups is 2. The number of amides is 2. The predicted octanol–water partition coefficient (Wildman–Crippen LogP) is 3.66. The molecule has 0 spiro atoms. The summed E-state index contributed by atoms with van der Waals surface area (Å²) in [4.78, 5) is 30.0. The van der Waals surface area contributed by atoms with Gasteiger partial charge in [0.05, 0.1) is 27.4 Å². The SMILES string of the molecule is CC(Sc1cc(C(=O)NC2CC2)c2ccccc2n1)C(=O)NC(C)(C#N)C(C)C. The Hall–Kier alpha value is -2.59. The van der Waals surface area contributed by atoms with Crippen LogP contribution in [0.5, 0.6) is 0 Å². The van der Waals surface area contributed by atoms with Crippen molar-refractivity contribution in [3.05, 3.63) is 35.9 Å². The number of thioether (sulfide) groups is 1. The zero-order valence-electron chi connectivity index (χ0n) is 17.2. The van der Waals surface area contributed by atoms with Gasteiger partial charge < -0.3 is 10.6 Å². The second-order valence-electron chi connectivity index (χ2n) is 7.99. The van der Waals surface area contributed by atoms with Crippen LogP contribution >= 0.6 is 11.8 Å². The van der Waals surface area contributed by atoms with E-state index in [2.05, 4.69) is 21.7 Å². The molecule has 7 heteroatoms. The Bertz CT molecular complexity index is 980. The van der Waals surface area contributed by atoms with E-state index in [-0.39, 0.29) is 23.8 Å². The zero-order chi connectivity index (χ0) is 21.2. The minimum absolute atomic E-state index is 0.0230. The highest BCUT2D eigenvalue weighted by Crippen LogP contribution is 2.29. The van der Waals surface area contributed by atoms with Crippen molar-refractivity contribution in [2.75, 3.05) is 0 Å². The third-order valence-corrected chi connectivity index (χ3v) is 6.30. The normalized spacial score (nSPS) is 16.7. The van der Waals surface area contributed by atoms with Crippen molar-refractivity contribution in [1.82, 2.24) is 15.6 Å². The fraction of sp³-hybridized carbons (Fsp3) is 0.455. The maximum Gasteiger partial charge on any atom is 0.252 e. The van der Waals surface area contributed by atoms with Gasteiger partial charge in [0, 0.05) is 11.4 Å². The van der Waals surface area contributed by atoms with Crippen molar-refractivity contribution < 1.29 is 9.59 Å². The second kappa shape index (κ2) is 8.42. The van der Waals surface area contributed by atoms with Crippen LogP contribution in [0.4, 0.5) is 0 Å². The van der Waals surface area contributed by atoms with E-state index in [0.29, 0.717) is 10.6 Å². The van der Waals surface area contributed by atoms with E-state index < -0.39 is 10.8 Å². The van der Waals surface area contributed by atoms with E-state index in [4.69, 9.17) is 0 Å². The van der Waals surface area contributed by atoms with Crippen LogP contribution in [0.25, 0.3) is 10.9 Å². The van der Waals surface area contributed by atoms with E-state index in [1.165, 1.54) is 11.8 Å². The molecule has 2 amide bonds. The van der Waals surface area contributed by atoms with Crippen molar-refractivity contribution in [3.63, 3.8) is 0 Å². The molecule has 1 aromatic heterocycles. The highest BCUT2D eigenvalue weighted by atomic mass is 32.2. The first-order valence-corrected chi connectivity index (χ1v) is 10.7. The number of carbonyl (C=O) groups excluding carboxylic acids is 2. The fourth-order valence-electron chi connectivity index (χ4n) is 2.78. The smallest absolute Gasteiger partial charge is 0.252 e. The van der Waals surface area contributed by atoms with Gasteiger partial charge in [-0.25, -0.2) is 4.98 Å². The number of fused-ring (bicyclic) bond motifs is 1. The summed E-state index contributed by atoms with van der Waals surface area (Å²) >= 11 is 1.28. The molecule has 2 atom stereocenters. The Balaban J connectivity index is 1.83. The van der Waals surface area contributed by atoms with Gasteiger partial charge in [-0.05, 0) is 44.7 Å². The van der Waals surface area contributed by atoms with Crippen LogP contribution in [-0.2, 0) is 4.79 Å². The molecule has 3 rings (SSSR count). The number of rotatable bonds is 7. The highest BCUT2D eigenvalue weighted by Gasteiger charge is 2.32. The predicted molar refractivity (Wildman–Crippen MR) is 115 cm³/mol. The topological polar surface area (TPSA) is 94.9 Å². The maximum atomic E-state index is 12.7. The van der Waals surface area contributed by atoms with Crippen LogP contribution in [0.3, 0.4) is 0 Å². The summed E-state index contributed by atoms with van der Waals surface area (Å²) in [5.74, 6) is -0.362. The van der Waals surface area contributed by atoms with Crippen molar-refractivity contribution in [2.24, 2.45) is 5.92 Å². The van der Waals surface area contributed by atoms with Crippen LogP contribution in [0.15, 0.2) is 35.4 Å². The van der Waals surface area contributed by atoms with Crippen LogP contribution in [0.1, 0.15) is 50.9 Å². The van der Waals surface area contributed by atoms with Gasteiger partial charge in [-0.15, -0.1) is 0 Å². The zero-order valence-corrected chi connectivity index (χ0v) is 18.0. The number of hydrogen-bond acceptors (Lipinski definition) is 5. The number of nitrogens with one attached hydrogen (secondary N) is 2. The number of para-hydroxylation sites is 1. The van der Waals surface area contributed by atoms with Gasteiger partial charge in [0.15, 0.2) is 0 Å². The lowest BCUT2D eigenvalue weighted by molar-refractivity contribution is -0.121. The summed E-state index contributed by atoms with van der Waals surface area (Å²) < 4.78 is 0. The molecule has 0 saturated heterocycles. The molecule has 2 unspecified atom stereocenters. The standard InChI is InChI=1S/C22H26N4O2S/c1-13(2)22(4,12-23)26-20(27)14(3)29-19-11-17(21(28)24-15-9-10-15)16-7-5-6-8-18(16)25-19/h5-8,11,13-15H,9-10H2,1-4H3,(H,24,28)(H,26,27). The lowest BCUT2D eigenvalue weighted by atomic mass is 9.90.